The number of nitrogens with zero attached hydrogens (tertiary/aromatic N) is 2. The number of benzene rings is 2. The van der Waals surface area contributed by atoms with Crippen molar-refractivity contribution in [3.05, 3.63) is 59.7 Å². The van der Waals surface area contributed by atoms with E-state index in [9.17, 15) is 18.4 Å². The van der Waals surface area contributed by atoms with Gasteiger partial charge in [-0.2, -0.15) is 0 Å². The molecule has 2 aromatic carbocycles. The molecule has 0 atom stereocenters. The minimum Gasteiger partial charge on any atom is -0.322 e. The second-order valence-electron chi connectivity index (χ2n) is 7.94. The van der Waals surface area contributed by atoms with Gasteiger partial charge in [0.05, 0.1) is 17.9 Å². The monoisotopic (exact) mass is 413 g/mol. The van der Waals surface area contributed by atoms with Gasteiger partial charge in [-0.1, -0.05) is 38.0 Å². The normalized spacial score (nSPS) is 17.3. The maximum atomic E-state index is 14.1. The van der Waals surface area contributed by atoms with Gasteiger partial charge in [0, 0.05) is 12.1 Å². The van der Waals surface area contributed by atoms with Crippen LogP contribution in [-0.2, 0) is 16.1 Å². The van der Waals surface area contributed by atoms with E-state index in [1.165, 1.54) is 18.2 Å². The third-order valence-corrected chi connectivity index (χ3v) is 6.17. The van der Waals surface area contributed by atoms with Gasteiger partial charge in [0.25, 0.3) is 5.91 Å². The number of rotatable bonds is 5. The summed E-state index contributed by atoms with van der Waals surface area (Å²) in [6, 6.07) is 11.0. The molecular weight excluding hydrogens is 388 g/mol. The number of carbonyl (C=O) groups is 2. The second kappa shape index (κ2) is 8.14. The molecule has 158 valence electrons. The zero-order chi connectivity index (χ0) is 21.3. The predicted octanol–water partition coefficient (Wildman–Crippen LogP) is 4.08. The Morgan fingerprint density at radius 1 is 1.10 bits per heavy atom. The molecule has 0 unspecified atom stereocenters. The fourth-order valence-corrected chi connectivity index (χ4v) is 4.58. The van der Waals surface area contributed by atoms with Crippen LogP contribution in [0.1, 0.15) is 38.2 Å². The Morgan fingerprint density at radius 2 is 1.77 bits per heavy atom. The first-order valence-corrected chi connectivity index (χ1v) is 10.3. The number of fused-ring (bicyclic) bond motifs is 1. The lowest BCUT2D eigenvalue weighted by atomic mass is 9.89. The van der Waals surface area contributed by atoms with Crippen LogP contribution in [0.2, 0.25) is 0 Å². The van der Waals surface area contributed by atoms with Gasteiger partial charge in [0.15, 0.2) is 0 Å². The molecule has 30 heavy (non-hydrogen) atoms. The number of amides is 2. The van der Waals surface area contributed by atoms with Gasteiger partial charge in [0.2, 0.25) is 5.91 Å². The fourth-order valence-electron chi connectivity index (χ4n) is 4.58. The third kappa shape index (κ3) is 3.47. The molecule has 0 saturated heterocycles. The number of para-hydroxylation sites is 2. The van der Waals surface area contributed by atoms with E-state index in [1.807, 2.05) is 25.1 Å². The van der Waals surface area contributed by atoms with E-state index in [4.69, 9.17) is 0 Å². The molecule has 1 fully saturated rings. The maximum absolute atomic E-state index is 14.1. The molecule has 1 heterocycles. The highest BCUT2D eigenvalue weighted by Crippen LogP contribution is 2.45. The average molecular weight is 413 g/mol. The summed E-state index contributed by atoms with van der Waals surface area (Å²) in [5.41, 5.74) is 0.335. The highest BCUT2D eigenvalue weighted by Gasteiger charge is 2.52. The van der Waals surface area contributed by atoms with Crippen molar-refractivity contribution in [3.8, 4) is 0 Å². The summed E-state index contributed by atoms with van der Waals surface area (Å²) >= 11 is 0. The van der Waals surface area contributed by atoms with Gasteiger partial charge in [-0.25, -0.2) is 8.78 Å². The van der Waals surface area contributed by atoms with E-state index in [2.05, 4.69) is 5.32 Å². The molecule has 4 rings (SSSR count). The SMILES string of the molecule is CCN(CC(=O)N1c2ccccc2NC(=O)C12CCCC2)Cc1c(F)cccc1F. The molecule has 2 aliphatic rings. The Morgan fingerprint density at radius 3 is 2.43 bits per heavy atom. The van der Waals surface area contributed by atoms with Gasteiger partial charge in [-0.05, 0) is 43.7 Å². The largest absolute Gasteiger partial charge is 0.322 e. The number of carbonyl (C=O) groups excluding carboxylic acids is 2. The number of likely N-dealkylation sites (N-methyl/N-ethyl adjacent to an activating group) is 1. The highest BCUT2D eigenvalue weighted by atomic mass is 19.1. The molecule has 1 aliphatic carbocycles. The fraction of sp³-hybridized carbons (Fsp3) is 0.391. The van der Waals surface area contributed by atoms with Gasteiger partial charge >= 0.3 is 0 Å². The Labute approximate surface area is 174 Å². The number of halogens is 2. The van der Waals surface area contributed by atoms with Crippen molar-refractivity contribution < 1.29 is 18.4 Å². The molecule has 7 heteroatoms. The Balaban J connectivity index is 1.64. The molecule has 1 aliphatic heterocycles. The number of nitrogens with one attached hydrogen (secondary N) is 1. The van der Waals surface area contributed by atoms with Crippen molar-refractivity contribution >= 4 is 23.2 Å². The first-order valence-electron chi connectivity index (χ1n) is 10.3. The molecular formula is C23H25F2N3O2. The Bertz CT molecular complexity index is 952. The molecule has 0 bridgehead atoms. The molecule has 1 spiro atoms. The van der Waals surface area contributed by atoms with Crippen LogP contribution in [-0.4, -0.2) is 35.3 Å². The Hall–Kier alpha value is -2.80. The van der Waals surface area contributed by atoms with E-state index in [0.29, 0.717) is 30.8 Å². The zero-order valence-electron chi connectivity index (χ0n) is 17.0. The molecule has 1 N–H and O–H groups in total. The van der Waals surface area contributed by atoms with Crippen molar-refractivity contribution in [3.63, 3.8) is 0 Å². The van der Waals surface area contributed by atoms with E-state index in [1.54, 1.807) is 15.9 Å². The lowest BCUT2D eigenvalue weighted by Gasteiger charge is -2.45. The summed E-state index contributed by atoms with van der Waals surface area (Å²) in [7, 11) is 0. The molecule has 2 aromatic rings. The van der Waals surface area contributed by atoms with Crippen LogP contribution in [0, 0.1) is 11.6 Å². The van der Waals surface area contributed by atoms with Gasteiger partial charge in [-0.3, -0.25) is 19.4 Å². The van der Waals surface area contributed by atoms with Gasteiger partial charge < -0.3 is 5.32 Å². The summed E-state index contributed by atoms with van der Waals surface area (Å²) < 4.78 is 28.2. The van der Waals surface area contributed by atoms with Crippen LogP contribution in [0.3, 0.4) is 0 Å². The van der Waals surface area contributed by atoms with Gasteiger partial charge in [0.1, 0.15) is 17.2 Å². The van der Waals surface area contributed by atoms with Crippen molar-refractivity contribution in [2.75, 3.05) is 23.3 Å². The lowest BCUT2D eigenvalue weighted by Crippen LogP contribution is -2.62. The van der Waals surface area contributed by atoms with Crippen LogP contribution in [0.4, 0.5) is 20.2 Å². The van der Waals surface area contributed by atoms with Crippen molar-refractivity contribution in [2.45, 2.75) is 44.7 Å². The summed E-state index contributed by atoms with van der Waals surface area (Å²) in [4.78, 5) is 29.9. The number of hydrogen-bond donors (Lipinski definition) is 1. The van der Waals surface area contributed by atoms with E-state index < -0.39 is 17.2 Å². The van der Waals surface area contributed by atoms with E-state index in [0.717, 1.165) is 12.8 Å². The van der Waals surface area contributed by atoms with Crippen LogP contribution >= 0.6 is 0 Å². The minimum atomic E-state index is -0.895. The Kier molecular flexibility index (Phi) is 5.56. The van der Waals surface area contributed by atoms with Crippen LogP contribution in [0.25, 0.3) is 0 Å². The molecule has 2 amide bonds. The minimum absolute atomic E-state index is 0.0184. The maximum Gasteiger partial charge on any atom is 0.250 e. The second-order valence-corrected chi connectivity index (χ2v) is 7.94. The molecule has 5 nitrogen and oxygen atoms in total. The standard InChI is InChI=1S/C23H25F2N3O2/c1-2-27(14-16-17(24)8-7-9-18(16)25)15-21(29)28-20-11-4-3-10-19(20)26-22(30)23(28)12-5-6-13-23/h3-4,7-11H,2,5-6,12-15H2,1H3,(H,26,30). The van der Waals surface area contributed by atoms with Crippen molar-refractivity contribution in [1.82, 2.24) is 4.90 Å². The van der Waals surface area contributed by atoms with Gasteiger partial charge in [-0.15, -0.1) is 0 Å². The summed E-state index contributed by atoms with van der Waals surface area (Å²) in [6.07, 6.45) is 2.95. The lowest BCUT2D eigenvalue weighted by molar-refractivity contribution is -0.128. The third-order valence-electron chi connectivity index (χ3n) is 6.17. The zero-order valence-corrected chi connectivity index (χ0v) is 17.0. The molecule has 1 saturated carbocycles. The molecule has 0 aromatic heterocycles. The van der Waals surface area contributed by atoms with E-state index in [-0.39, 0.29) is 30.5 Å². The topological polar surface area (TPSA) is 52.7 Å². The van der Waals surface area contributed by atoms with Crippen LogP contribution < -0.4 is 10.2 Å². The summed E-state index contributed by atoms with van der Waals surface area (Å²) in [5, 5.41) is 2.95. The van der Waals surface area contributed by atoms with E-state index >= 15 is 0 Å². The summed E-state index contributed by atoms with van der Waals surface area (Å²) in [5.74, 6) is -1.65. The molecule has 0 radical (unpaired) electrons. The van der Waals surface area contributed by atoms with Crippen molar-refractivity contribution in [1.29, 1.82) is 0 Å². The average Bonchev–Trinajstić information content (AvgIpc) is 3.21. The quantitative estimate of drug-likeness (QED) is 0.804. The number of anilines is 2. The highest BCUT2D eigenvalue weighted by molar-refractivity contribution is 6.15. The first-order chi connectivity index (χ1) is 14.5. The van der Waals surface area contributed by atoms with Crippen molar-refractivity contribution in [2.24, 2.45) is 0 Å². The first kappa shape index (κ1) is 20.5. The summed E-state index contributed by atoms with van der Waals surface area (Å²) in [6.45, 7) is 2.23. The smallest absolute Gasteiger partial charge is 0.250 e. The predicted molar refractivity (Wildman–Crippen MR) is 111 cm³/mol. The number of hydrogen-bond acceptors (Lipinski definition) is 3. The van der Waals surface area contributed by atoms with Crippen LogP contribution in [0.5, 0.6) is 0 Å². The van der Waals surface area contributed by atoms with Crippen LogP contribution in [0.15, 0.2) is 42.5 Å².